The average molecular weight is 442 g/mol. The molecule has 0 atom stereocenters. The Kier molecular flexibility index (Phi) is 7.72. The Balaban J connectivity index is 1.56. The van der Waals surface area contributed by atoms with Gasteiger partial charge in [-0.2, -0.15) is 0 Å². The van der Waals surface area contributed by atoms with Gasteiger partial charge in [0.05, 0.1) is 5.57 Å². The van der Waals surface area contributed by atoms with Crippen LogP contribution in [0.15, 0.2) is 41.5 Å². The van der Waals surface area contributed by atoms with Gasteiger partial charge in [-0.3, -0.25) is 14.5 Å². The van der Waals surface area contributed by atoms with Crippen molar-refractivity contribution in [1.82, 2.24) is 15.1 Å². The van der Waals surface area contributed by atoms with E-state index in [9.17, 15) is 14.4 Å². The molecule has 7 heteroatoms. The van der Waals surface area contributed by atoms with E-state index in [0.29, 0.717) is 49.7 Å². The monoisotopic (exact) mass is 441 g/mol. The molecule has 0 saturated carbocycles. The molecule has 0 unspecified atom stereocenters. The van der Waals surface area contributed by atoms with Crippen LogP contribution in [0.4, 0.5) is 0 Å². The van der Waals surface area contributed by atoms with Crippen LogP contribution in [0.1, 0.15) is 52.5 Å². The van der Waals surface area contributed by atoms with Gasteiger partial charge in [-0.25, -0.2) is 4.79 Å². The molecule has 0 aliphatic carbocycles. The summed E-state index contributed by atoms with van der Waals surface area (Å²) >= 11 is 0. The number of likely N-dealkylation sites (tertiary alicyclic amines) is 1. The number of benzene rings is 1. The van der Waals surface area contributed by atoms with Gasteiger partial charge >= 0.3 is 5.97 Å². The van der Waals surface area contributed by atoms with Crippen LogP contribution < -0.4 is 5.32 Å². The van der Waals surface area contributed by atoms with Gasteiger partial charge in [0.25, 0.3) is 5.91 Å². The fourth-order valence-corrected chi connectivity index (χ4v) is 4.57. The molecule has 3 rings (SSSR count). The van der Waals surface area contributed by atoms with Crippen molar-refractivity contribution in [2.45, 2.75) is 65.1 Å². The van der Waals surface area contributed by atoms with E-state index in [1.807, 2.05) is 18.2 Å². The molecule has 2 aliphatic heterocycles. The first-order chi connectivity index (χ1) is 15.2. The molecular formula is C25H35N3O4. The van der Waals surface area contributed by atoms with Crippen molar-refractivity contribution in [1.29, 1.82) is 0 Å². The number of hydrogen-bond donors (Lipinski definition) is 1. The Morgan fingerprint density at radius 1 is 1.19 bits per heavy atom. The Labute approximate surface area is 190 Å². The maximum absolute atomic E-state index is 13.1. The maximum atomic E-state index is 13.1. The fourth-order valence-electron chi connectivity index (χ4n) is 4.57. The van der Waals surface area contributed by atoms with Gasteiger partial charge in [0.2, 0.25) is 5.91 Å². The van der Waals surface area contributed by atoms with E-state index in [-0.39, 0.29) is 11.8 Å². The lowest BCUT2D eigenvalue weighted by molar-refractivity contribution is -0.152. The van der Waals surface area contributed by atoms with Crippen LogP contribution in [0.5, 0.6) is 0 Å². The Hall–Kier alpha value is -2.67. The molecule has 32 heavy (non-hydrogen) atoms. The number of ether oxygens (including phenoxy) is 1. The second-order valence-electron chi connectivity index (χ2n) is 9.05. The number of carbonyl (C=O) groups excluding carboxylic acids is 3. The fraction of sp³-hybridized carbons (Fsp3) is 0.560. The van der Waals surface area contributed by atoms with Gasteiger partial charge in [-0.1, -0.05) is 30.3 Å². The van der Waals surface area contributed by atoms with Crippen molar-refractivity contribution >= 4 is 17.8 Å². The molecule has 0 bridgehead atoms. The van der Waals surface area contributed by atoms with E-state index in [4.69, 9.17) is 4.74 Å². The van der Waals surface area contributed by atoms with Gasteiger partial charge in [-0.15, -0.1) is 0 Å². The summed E-state index contributed by atoms with van der Waals surface area (Å²) in [4.78, 5) is 41.1. The predicted octanol–water partition coefficient (Wildman–Crippen LogP) is 2.66. The SMILES string of the molecule is CC(=O)N1CCC2(CC1)OC(=O)C(C)=C2C(=O)NCCCN(Cc1ccccc1)C(C)C. The van der Waals surface area contributed by atoms with Gasteiger partial charge in [0, 0.05) is 64.1 Å². The zero-order valence-corrected chi connectivity index (χ0v) is 19.6. The second-order valence-corrected chi connectivity index (χ2v) is 9.05. The smallest absolute Gasteiger partial charge is 0.335 e. The number of esters is 1. The predicted molar refractivity (Wildman–Crippen MR) is 123 cm³/mol. The maximum Gasteiger partial charge on any atom is 0.335 e. The Morgan fingerprint density at radius 3 is 2.44 bits per heavy atom. The van der Waals surface area contributed by atoms with Crippen LogP contribution in [-0.2, 0) is 25.7 Å². The quantitative estimate of drug-likeness (QED) is 0.496. The summed E-state index contributed by atoms with van der Waals surface area (Å²) in [7, 11) is 0. The number of hydrogen-bond acceptors (Lipinski definition) is 5. The molecule has 2 amide bonds. The summed E-state index contributed by atoms with van der Waals surface area (Å²) in [5, 5.41) is 3.00. The molecule has 1 aromatic carbocycles. The first-order valence-corrected chi connectivity index (χ1v) is 11.5. The van der Waals surface area contributed by atoms with Crippen LogP contribution in [0.2, 0.25) is 0 Å². The van der Waals surface area contributed by atoms with Crippen LogP contribution in [0, 0.1) is 0 Å². The highest BCUT2D eigenvalue weighted by Gasteiger charge is 2.50. The molecule has 1 spiro atoms. The van der Waals surface area contributed by atoms with Crippen LogP contribution in [0.25, 0.3) is 0 Å². The molecular weight excluding hydrogens is 406 g/mol. The molecule has 0 radical (unpaired) electrons. The van der Waals surface area contributed by atoms with E-state index >= 15 is 0 Å². The Bertz CT molecular complexity index is 870. The third kappa shape index (κ3) is 5.38. The standard InChI is InChI=1S/C25H35N3O4/c1-18(2)28(17-21-9-6-5-7-10-21)14-8-13-26-23(30)22-19(3)24(31)32-25(22)11-15-27(16-12-25)20(4)29/h5-7,9-10,18H,8,11-17H2,1-4H3,(H,26,30). The molecule has 174 valence electrons. The lowest BCUT2D eigenvalue weighted by Crippen LogP contribution is -2.50. The number of nitrogens with one attached hydrogen (secondary N) is 1. The highest BCUT2D eigenvalue weighted by molar-refractivity contribution is 6.07. The van der Waals surface area contributed by atoms with Gasteiger partial charge in [0.1, 0.15) is 5.60 Å². The first kappa shape index (κ1) is 24.0. The molecule has 1 fully saturated rings. The van der Waals surface area contributed by atoms with Gasteiger partial charge in [-0.05, 0) is 32.8 Å². The van der Waals surface area contributed by atoms with Crippen LogP contribution in [-0.4, -0.2) is 65.4 Å². The van der Waals surface area contributed by atoms with E-state index in [1.165, 1.54) is 12.5 Å². The number of piperidine rings is 1. The Morgan fingerprint density at radius 2 is 1.84 bits per heavy atom. The van der Waals surface area contributed by atoms with E-state index in [2.05, 4.69) is 36.2 Å². The normalized spacial score (nSPS) is 17.9. The summed E-state index contributed by atoms with van der Waals surface area (Å²) in [6.45, 7) is 10.8. The van der Waals surface area contributed by atoms with Crippen molar-refractivity contribution in [2.75, 3.05) is 26.2 Å². The van der Waals surface area contributed by atoms with Crippen molar-refractivity contribution in [3.63, 3.8) is 0 Å². The van der Waals surface area contributed by atoms with Gasteiger partial charge in [0.15, 0.2) is 0 Å². The number of amides is 2. The number of rotatable bonds is 8. The molecule has 7 nitrogen and oxygen atoms in total. The van der Waals surface area contributed by atoms with Gasteiger partial charge < -0.3 is 15.0 Å². The first-order valence-electron chi connectivity index (χ1n) is 11.5. The average Bonchev–Trinajstić information content (AvgIpc) is 3.00. The van der Waals surface area contributed by atoms with Crippen molar-refractivity contribution < 1.29 is 19.1 Å². The highest BCUT2D eigenvalue weighted by Crippen LogP contribution is 2.41. The molecule has 0 aromatic heterocycles. The summed E-state index contributed by atoms with van der Waals surface area (Å²) in [6, 6.07) is 10.8. The van der Waals surface area contributed by atoms with Crippen LogP contribution >= 0.6 is 0 Å². The van der Waals surface area contributed by atoms with E-state index in [0.717, 1.165) is 19.5 Å². The summed E-state index contributed by atoms with van der Waals surface area (Å²) < 4.78 is 5.69. The van der Waals surface area contributed by atoms with Crippen molar-refractivity contribution in [2.24, 2.45) is 0 Å². The zero-order valence-electron chi connectivity index (χ0n) is 19.6. The molecule has 1 aromatic rings. The lowest BCUT2D eigenvalue weighted by Gasteiger charge is -2.39. The number of carbonyl (C=O) groups is 3. The minimum absolute atomic E-state index is 0.00101. The molecule has 1 saturated heterocycles. The largest absolute Gasteiger partial charge is 0.450 e. The molecule has 2 heterocycles. The minimum Gasteiger partial charge on any atom is -0.450 e. The topological polar surface area (TPSA) is 78.9 Å². The highest BCUT2D eigenvalue weighted by atomic mass is 16.6. The van der Waals surface area contributed by atoms with E-state index in [1.54, 1.807) is 11.8 Å². The molecule has 2 aliphatic rings. The van der Waals surface area contributed by atoms with E-state index < -0.39 is 11.6 Å². The third-order valence-electron chi connectivity index (χ3n) is 6.53. The number of nitrogens with zero attached hydrogens (tertiary/aromatic N) is 2. The lowest BCUT2D eigenvalue weighted by atomic mass is 9.82. The summed E-state index contributed by atoms with van der Waals surface area (Å²) in [6.07, 6.45) is 1.72. The third-order valence-corrected chi connectivity index (χ3v) is 6.53. The zero-order chi connectivity index (χ0) is 23.3. The minimum atomic E-state index is -0.908. The summed E-state index contributed by atoms with van der Waals surface area (Å²) in [5.74, 6) is -0.662. The van der Waals surface area contributed by atoms with Crippen molar-refractivity contribution in [3.05, 3.63) is 47.0 Å². The second kappa shape index (κ2) is 10.3. The van der Waals surface area contributed by atoms with Crippen LogP contribution in [0.3, 0.4) is 0 Å². The molecule has 1 N–H and O–H groups in total. The summed E-state index contributed by atoms with van der Waals surface area (Å²) in [5.41, 5.74) is 1.18. The van der Waals surface area contributed by atoms with Crippen molar-refractivity contribution in [3.8, 4) is 0 Å².